The van der Waals surface area contributed by atoms with Gasteiger partial charge in [0, 0.05) is 40.1 Å². The van der Waals surface area contributed by atoms with Gasteiger partial charge in [0.1, 0.15) is 4.88 Å². The quantitative estimate of drug-likeness (QED) is 0.429. The fourth-order valence-corrected chi connectivity index (χ4v) is 4.46. The van der Waals surface area contributed by atoms with Crippen molar-refractivity contribution in [2.75, 3.05) is 33.9 Å². The number of hydrogen-bond donors (Lipinski definition) is 1. The number of methoxy groups -OCH3 is 1. The van der Waals surface area contributed by atoms with E-state index in [1.54, 1.807) is 12.0 Å². The number of amides is 1. The minimum Gasteiger partial charge on any atom is -0.385 e. The van der Waals surface area contributed by atoms with Crippen LogP contribution in [0.5, 0.6) is 0 Å². The van der Waals surface area contributed by atoms with E-state index in [9.17, 15) is 4.79 Å². The maximum absolute atomic E-state index is 12.8. The lowest BCUT2D eigenvalue weighted by Gasteiger charge is -2.26. The molecule has 0 aliphatic rings. The number of imidazole rings is 1. The molecule has 0 spiro atoms. The lowest BCUT2D eigenvalue weighted by Crippen LogP contribution is -2.34. The lowest BCUT2D eigenvalue weighted by molar-refractivity contribution is 0.0750. The number of nitrogens with one attached hydrogen (secondary N) is 1. The summed E-state index contributed by atoms with van der Waals surface area (Å²) in [6, 6.07) is 6.34. The van der Waals surface area contributed by atoms with Gasteiger partial charge in [-0.25, -0.2) is 4.98 Å². The highest BCUT2D eigenvalue weighted by Gasteiger charge is 2.21. The predicted octanol–water partition coefficient (Wildman–Crippen LogP) is 5.03. The van der Waals surface area contributed by atoms with Crippen molar-refractivity contribution in [2.45, 2.75) is 40.2 Å². The van der Waals surface area contributed by atoms with Gasteiger partial charge < -0.3 is 15.0 Å². The van der Waals surface area contributed by atoms with Gasteiger partial charge in [0.2, 0.25) is 0 Å². The second kappa shape index (κ2) is 12.0. The molecule has 0 atom stereocenters. The molecule has 2 heterocycles. The first-order chi connectivity index (χ1) is 13.8. The van der Waals surface area contributed by atoms with Gasteiger partial charge in [0.25, 0.3) is 5.91 Å². The minimum atomic E-state index is 0. The van der Waals surface area contributed by atoms with E-state index in [0.717, 1.165) is 53.4 Å². The first-order valence-corrected chi connectivity index (χ1v) is 11.0. The molecule has 0 aliphatic carbocycles. The number of unbranched alkanes of at least 4 members (excludes halogenated alkanes) is 1. The van der Waals surface area contributed by atoms with Gasteiger partial charge in [-0.1, -0.05) is 38.2 Å². The molecule has 3 rings (SSSR count). The number of halogens is 2. The molecule has 0 unspecified atom stereocenters. The van der Waals surface area contributed by atoms with Gasteiger partial charge in [-0.2, -0.15) is 0 Å². The number of fused-ring (bicyclic) bond motifs is 3. The van der Waals surface area contributed by atoms with E-state index in [1.807, 2.05) is 17.6 Å². The van der Waals surface area contributed by atoms with Crippen LogP contribution in [0.3, 0.4) is 0 Å². The summed E-state index contributed by atoms with van der Waals surface area (Å²) < 4.78 is 7.12. The van der Waals surface area contributed by atoms with Crippen LogP contribution in [-0.4, -0.2) is 54.0 Å². The molecule has 174 valence electrons. The van der Waals surface area contributed by atoms with Crippen LogP contribution in [0.2, 0.25) is 0 Å². The molecule has 1 N–H and O–H groups in total. The van der Waals surface area contributed by atoms with E-state index in [0.29, 0.717) is 6.54 Å². The van der Waals surface area contributed by atoms with Crippen molar-refractivity contribution in [1.82, 2.24) is 19.6 Å². The monoisotopic (exact) mass is 488 g/mol. The summed E-state index contributed by atoms with van der Waals surface area (Å²) in [4.78, 5) is 20.9. The molecule has 3 aromatic rings. The third-order valence-corrected chi connectivity index (χ3v) is 5.69. The zero-order chi connectivity index (χ0) is 21.0. The van der Waals surface area contributed by atoms with Gasteiger partial charge in [0.15, 0.2) is 4.96 Å². The van der Waals surface area contributed by atoms with Crippen molar-refractivity contribution in [3.63, 3.8) is 0 Å². The third kappa shape index (κ3) is 7.32. The van der Waals surface area contributed by atoms with E-state index in [2.05, 4.69) is 44.3 Å². The Morgan fingerprint density at radius 3 is 2.68 bits per heavy atom. The SMILES string of the molecule is COCCCCNCc1ccc2nc3sc(C(=O)N(C)CC(C)(C)C)cn3c2c1.Cl.Cl. The number of thiazole rings is 1. The van der Waals surface area contributed by atoms with Crippen LogP contribution in [0, 0.1) is 5.41 Å². The van der Waals surface area contributed by atoms with Crippen LogP contribution in [0.15, 0.2) is 24.4 Å². The summed E-state index contributed by atoms with van der Waals surface area (Å²) in [5.74, 6) is 0.0532. The maximum Gasteiger partial charge on any atom is 0.265 e. The molecular formula is C22H34Cl2N4O2S. The molecule has 9 heteroatoms. The Labute approximate surface area is 201 Å². The van der Waals surface area contributed by atoms with Crippen LogP contribution < -0.4 is 5.32 Å². The van der Waals surface area contributed by atoms with Gasteiger partial charge in [-0.15, -0.1) is 24.8 Å². The number of aromatic nitrogens is 2. The molecule has 0 saturated carbocycles. The Kier molecular flexibility index (Phi) is 10.7. The highest BCUT2D eigenvalue weighted by molar-refractivity contribution is 7.18. The minimum absolute atomic E-state index is 0. The average molecular weight is 490 g/mol. The molecule has 31 heavy (non-hydrogen) atoms. The van der Waals surface area contributed by atoms with Crippen molar-refractivity contribution in [2.24, 2.45) is 5.41 Å². The number of carbonyl (C=O) groups is 1. The molecule has 1 aromatic carbocycles. The Balaban J connectivity index is 0.00000240. The average Bonchev–Trinajstić information content (AvgIpc) is 3.20. The van der Waals surface area contributed by atoms with E-state index in [4.69, 9.17) is 9.72 Å². The Hall–Kier alpha value is -1.38. The van der Waals surface area contributed by atoms with Crippen LogP contribution in [0.4, 0.5) is 0 Å². The zero-order valence-corrected chi connectivity index (χ0v) is 21.4. The fourth-order valence-electron chi connectivity index (χ4n) is 3.46. The maximum atomic E-state index is 12.8. The molecule has 0 fully saturated rings. The summed E-state index contributed by atoms with van der Waals surface area (Å²) in [7, 11) is 3.60. The molecule has 0 bridgehead atoms. The number of ether oxygens (including phenoxy) is 1. The van der Waals surface area contributed by atoms with E-state index in [-0.39, 0.29) is 36.1 Å². The normalized spacial score (nSPS) is 11.4. The zero-order valence-electron chi connectivity index (χ0n) is 18.9. The smallest absolute Gasteiger partial charge is 0.265 e. The second-order valence-electron chi connectivity index (χ2n) is 8.78. The van der Waals surface area contributed by atoms with Crippen LogP contribution >= 0.6 is 36.2 Å². The van der Waals surface area contributed by atoms with E-state index >= 15 is 0 Å². The van der Waals surface area contributed by atoms with Gasteiger partial charge in [-0.3, -0.25) is 9.20 Å². The standard InChI is InChI=1S/C22H32N4O2S.2ClH/c1-22(2,3)15-25(4)20(27)19-14-26-18-12-16(13-23-10-6-7-11-28-5)8-9-17(18)24-21(26)29-19;;/h8-9,12,14,23H,6-7,10-11,13,15H2,1-5H3;2*1H. The Morgan fingerprint density at radius 2 is 2.00 bits per heavy atom. The molecule has 6 nitrogen and oxygen atoms in total. The molecule has 1 amide bonds. The molecule has 0 aliphatic heterocycles. The van der Waals surface area contributed by atoms with E-state index < -0.39 is 0 Å². The van der Waals surface area contributed by atoms with Gasteiger partial charge >= 0.3 is 0 Å². The summed E-state index contributed by atoms with van der Waals surface area (Å²) in [6.07, 6.45) is 4.10. The van der Waals surface area contributed by atoms with Gasteiger partial charge in [-0.05, 0) is 42.5 Å². The first kappa shape index (κ1) is 27.7. The highest BCUT2D eigenvalue weighted by Crippen LogP contribution is 2.26. The number of benzene rings is 1. The Morgan fingerprint density at radius 1 is 1.26 bits per heavy atom. The molecule has 2 aromatic heterocycles. The molecule has 0 radical (unpaired) electrons. The molecule has 0 saturated heterocycles. The summed E-state index contributed by atoms with van der Waals surface area (Å²) >= 11 is 1.45. The number of hydrogen-bond acceptors (Lipinski definition) is 5. The fraction of sp³-hybridized carbons (Fsp3) is 0.545. The third-order valence-electron chi connectivity index (χ3n) is 4.72. The molecular weight excluding hydrogens is 455 g/mol. The lowest BCUT2D eigenvalue weighted by atomic mass is 9.96. The van der Waals surface area contributed by atoms with Crippen molar-refractivity contribution in [1.29, 1.82) is 0 Å². The van der Waals surface area contributed by atoms with E-state index in [1.165, 1.54) is 16.9 Å². The van der Waals surface area contributed by atoms with Crippen molar-refractivity contribution in [3.05, 3.63) is 34.8 Å². The summed E-state index contributed by atoms with van der Waals surface area (Å²) in [5.41, 5.74) is 3.30. The largest absolute Gasteiger partial charge is 0.385 e. The second-order valence-corrected chi connectivity index (χ2v) is 9.79. The van der Waals surface area contributed by atoms with Crippen molar-refractivity contribution < 1.29 is 9.53 Å². The van der Waals surface area contributed by atoms with Crippen LogP contribution in [0.1, 0.15) is 48.8 Å². The summed E-state index contributed by atoms with van der Waals surface area (Å²) in [5, 5.41) is 3.48. The van der Waals surface area contributed by atoms with Crippen LogP contribution in [-0.2, 0) is 11.3 Å². The Bertz CT molecular complexity index is 981. The predicted molar refractivity (Wildman–Crippen MR) is 134 cm³/mol. The highest BCUT2D eigenvalue weighted by atomic mass is 35.5. The van der Waals surface area contributed by atoms with Crippen molar-refractivity contribution in [3.8, 4) is 0 Å². The summed E-state index contributed by atoms with van der Waals surface area (Å²) in [6.45, 7) is 9.73. The van der Waals surface area contributed by atoms with Crippen molar-refractivity contribution >= 4 is 58.1 Å². The topological polar surface area (TPSA) is 58.9 Å². The van der Waals surface area contributed by atoms with Crippen LogP contribution in [0.25, 0.3) is 16.0 Å². The number of carbonyl (C=O) groups excluding carboxylic acids is 1. The number of rotatable bonds is 9. The number of nitrogens with zero attached hydrogens (tertiary/aromatic N) is 3. The van der Waals surface area contributed by atoms with Gasteiger partial charge in [0.05, 0.1) is 11.0 Å². The first-order valence-electron chi connectivity index (χ1n) is 10.1.